The molecule has 1 N–H and O–H groups in total. The van der Waals surface area contributed by atoms with Gasteiger partial charge in [-0.05, 0) is 56.8 Å². The van der Waals surface area contributed by atoms with E-state index in [9.17, 15) is 8.42 Å². The summed E-state index contributed by atoms with van der Waals surface area (Å²) in [4.78, 5) is 0.369. The molecular formula is C16H25NO3S. The Kier molecular flexibility index (Phi) is 5.79. The van der Waals surface area contributed by atoms with Crippen LogP contribution < -0.4 is 5.32 Å². The Bertz CT molecular complexity index is 533. The molecule has 0 aromatic heterocycles. The van der Waals surface area contributed by atoms with Gasteiger partial charge in [0.05, 0.1) is 11.0 Å². The number of ether oxygens (including phenoxy) is 1. The van der Waals surface area contributed by atoms with Crippen LogP contribution in [-0.4, -0.2) is 33.9 Å². The first-order valence-electron chi connectivity index (χ1n) is 7.62. The number of nitrogens with one attached hydrogen (secondary N) is 1. The lowest BCUT2D eigenvalue weighted by Gasteiger charge is -2.23. The van der Waals surface area contributed by atoms with Crippen molar-refractivity contribution in [3.05, 3.63) is 29.8 Å². The molecule has 0 amide bonds. The van der Waals surface area contributed by atoms with Crippen LogP contribution in [0.15, 0.2) is 29.2 Å². The minimum Gasteiger partial charge on any atom is -0.378 e. The third-order valence-electron chi connectivity index (χ3n) is 4.00. The van der Waals surface area contributed by atoms with Crippen LogP contribution in [0.3, 0.4) is 0 Å². The van der Waals surface area contributed by atoms with Gasteiger partial charge in [-0.2, -0.15) is 0 Å². The van der Waals surface area contributed by atoms with Crippen LogP contribution in [0.25, 0.3) is 0 Å². The molecule has 21 heavy (non-hydrogen) atoms. The molecule has 0 saturated carbocycles. The lowest BCUT2D eigenvalue weighted by atomic mass is 10.1. The van der Waals surface area contributed by atoms with Crippen LogP contribution in [0.2, 0.25) is 0 Å². The molecule has 5 heteroatoms. The molecule has 118 valence electrons. The van der Waals surface area contributed by atoms with E-state index in [0.717, 1.165) is 25.1 Å². The lowest BCUT2D eigenvalue weighted by Crippen LogP contribution is -2.27. The summed E-state index contributed by atoms with van der Waals surface area (Å²) >= 11 is 0. The van der Waals surface area contributed by atoms with E-state index in [1.807, 2.05) is 12.1 Å². The lowest BCUT2D eigenvalue weighted by molar-refractivity contribution is 0.0112. The van der Waals surface area contributed by atoms with E-state index in [4.69, 9.17) is 4.74 Å². The number of hydrogen-bond donors (Lipinski definition) is 1. The second-order valence-electron chi connectivity index (χ2n) is 5.79. The van der Waals surface area contributed by atoms with Crippen LogP contribution >= 0.6 is 0 Å². The van der Waals surface area contributed by atoms with Crippen molar-refractivity contribution in [2.75, 3.05) is 19.4 Å². The summed E-state index contributed by atoms with van der Waals surface area (Å²) in [5.74, 6) is 0. The highest BCUT2D eigenvalue weighted by Gasteiger charge is 2.14. The first-order valence-corrected chi connectivity index (χ1v) is 9.51. The summed E-state index contributed by atoms with van der Waals surface area (Å²) in [6.07, 6.45) is 6.28. The summed E-state index contributed by atoms with van der Waals surface area (Å²) in [6, 6.07) is 7.32. The minimum atomic E-state index is -3.11. The van der Waals surface area contributed by atoms with Gasteiger partial charge in [0, 0.05) is 18.9 Å². The molecule has 0 aliphatic carbocycles. The highest BCUT2D eigenvalue weighted by Crippen LogP contribution is 2.18. The van der Waals surface area contributed by atoms with Crippen molar-refractivity contribution in [3.8, 4) is 0 Å². The Labute approximate surface area is 127 Å². The van der Waals surface area contributed by atoms with E-state index < -0.39 is 9.84 Å². The van der Waals surface area contributed by atoms with Gasteiger partial charge in [-0.15, -0.1) is 0 Å². The van der Waals surface area contributed by atoms with E-state index in [2.05, 4.69) is 12.2 Å². The second kappa shape index (κ2) is 7.38. The highest BCUT2D eigenvalue weighted by molar-refractivity contribution is 7.90. The van der Waals surface area contributed by atoms with Crippen LogP contribution in [0.5, 0.6) is 0 Å². The zero-order valence-corrected chi connectivity index (χ0v) is 13.7. The van der Waals surface area contributed by atoms with E-state index in [0.29, 0.717) is 11.0 Å². The number of benzene rings is 1. The van der Waals surface area contributed by atoms with Gasteiger partial charge in [0.15, 0.2) is 9.84 Å². The molecule has 1 heterocycles. The van der Waals surface area contributed by atoms with E-state index >= 15 is 0 Å². The Balaban J connectivity index is 1.81. The largest absolute Gasteiger partial charge is 0.378 e. The van der Waals surface area contributed by atoms with E-state index in [1.54, 1.807) is 12.1 Å². The molecule has 2 rings (SSSR count). The third kappa shape index (κ3) is 5.09. The second-order valence-corrected chi connectivity index (χ2v) is 7.81. The molecule has 2 unspecified atom stereocenters. The van der Waals surface area contributed by atoms with Gasteiger partial charge >= 0.3 is 0 Å². The summed E-state index contributed by atoms with van der Waals surface area (Å²) < 4.78 is 28.6. The fourth-order valence-electron chi connectivity index (χ4n) is 2.62. The van der Waals surface area contributed by atoms with Gasteiger partial charge in [0.2, 0.25) is 0 Å². The van der Waals surface area contributed by atoms with E-state index in [1.165, 1.54) is 25.5 Å². The summed E-state index contributed by atoms with van der Waals surface area (Å²) in [5.41, 5.74) is 1.10. The van der Waals surface area contributed by atoms with Crippen LogP contribution in [-0.2, 0) is 14.6 Å². The molecule has 1 aromatic rings. The maximum absolute atomic E-state index is 11.4. The zero-order chi connectivity index (χ0) is 15.3. The van der Waals surface area contributed by atoms with Crippen molar-refractivity contribution in [1.29, 1.82) is 0 Å². The van der Waals surface area contributed by atoms with E-state index in [-0.39, 0.29) is 6.04 Å². The predicted molar refractivity (Wildman–Crippen MR) is 84.2 cm³/mol. The summed E-state index contributed by atoms with van der Waals surface area (Å²) in [5, 5.41) is 3.47. The van der Waals surface area contributed by atoms with Gasteiger partial charge in [0.25, 0.3) is 0 Å². The van der Waals surface area contributed by atoms with Crippen molar-refractivity contribution in [1.82, 2.24) is 5.32 Å². The first-order chi connectivity index (χ1) is 9.97. The topological polar surface area (TPSA) is 55.4 Å². The Morgan fingerprint density at radius 3 is 2.57 bits per heavy atom. The zero-order valence-electron chi connectivity index (χ0n) is 12.8. The summed E-state index contributed by atoms with van der Waals surface area (Å²) in [6.45, 7) is 3.91. The van der Waals surface area contributed by atoms with Crippen molar-refractivity contribution in [2.24, 2.45) is 0 Å². The molecule has 0 bridgehead atoms. The van der Waals surface area contributed by atoms with Gasteiger partial charge in [0.1, 0.15) is 0 Å². The maximum Gasteiger partial charge on any atom is 0.175 e. The number of hydrogen-bond acceptors (Lipinski definition) is 4. The fourth-order valence-corrected chi connectivity index (χ4v) is 3.25. The normalized spacial score (nSPS) is 21.1. The van der Waals surface area contributed by atoms with Crippen LogP contribution in [0, 0.1) is 0 Å². The third-order valence-corrected chi connectivity index (χ3v) is 5.13. The average molecular weight is 311 g/mol. The van der Waals surface area contributed by atoms with Crippen molar-refractivity contribution < 1.29 is 13.2 Å². The van der Waals surface area contributed by atoms with Gasteiger partial charge < -0.3 is 10.1 Å². The smallest absolute Gasteiger partial charge is 0.175 e. The highest BCUT2D eigenvalue weighted by atomic mass is 32.2. The maximum atomic E-state index is 11.4. The van der Waals surface area contributed by atoms with Crippen molar-refractivity contribution >= 4 is 9.84 Å². The molecule has 1 aliphatic heterocycles. The molecule has 2 atom stereocenters. The summed E-state index contributed by atoms with van der Waals surface area (Å²) in [7, 11) is -3.11. The molecule has 1 aliphatic rings. The predicted octanol–water partition coefficient (Wildman–Crippen LogP) is 2.70. The van der Waals surface area contributed by atoms with Gasteiger partial charge in [-0.3, -0.25) is 0 Å². The van der Waals surface area contributed by atoms with Crippen LogP contribution in [0.4, 0.5) is 0 Å². The molecule has 4 nitrogen and oxygen atoms in total. The average Bonchev–Trinajstić information content (AvgIpc) is 2.47. The molecule has 1 saturated heterocycles. The Morgan fingerprint density at radius 2 is 2.00 bits per heavy atom. The monoisotopic (exact) mass is 311 g/mol. The quantitative estimate of drug-likeness (QED) is 0.877. The van der Waals surface area contributed by atoms with Crippen molar-refractivity contribution in [3.63, 3.8) is 0 Å². The molecule has 0 spiro atoms. The standard InChI is InChI=1S/C16H25NO3S/c1-13(17-11-10-15-5-3-4-12-20-15)14-6-8-16(9-7-14)21(2,18)19/h6-9,13,15,17H,3-5,10-12H2,1-2H3. The number of rotatable bonds is 6. The molecule has 0 radical (unpaired) electrons. The van der Waals surface area contributed by atoms with Gasteiger partial charge in [-0.1, -0.05) is 12.1 Å². The fraction of sp³-hybridized carbons (Fsp3) is 0.625. The Morgan fingerprint density at radius 1 is 1.29 bits per heavy atom. The van der Waals surface area contributed by atoms with Gasteiger partial charge in [-0.25, -0.2) is 8.42 Å². The number of sulfone groups is 1. The molecular weight excluding hydrogens is 286 g/mol. The SMILES string of the molecule is CC(NCCC1CCCCO1)c1ccc(S(C)(=O)=O)cc1. The molecule has 1 aromatic carbocycles. The van der Waals surface area contributed by atoms with Crippen LogP contribution in [0.1, 0.15) is 44.2 Å². The van der Waals surface area contributed by atoms with Crippen molar-refractivity contribution in [2.45, 2.75) is 49.6 Å². The minimum absolute atomic E-state index is 0.210. The first kappa shape index (κ1) is 16.5. The molecule has 1 fully saturated rings. The Hall–Kier alpha value is -0.910.